The van der Waals surface area contributed by atoms with E-state index in [1.54, 1.807) is 6.92 Å². The summed E-state index contributed by atoms with van der Waals surface area (Å²) in [6.45, 7) is 2.99. The van der Waals surface area contributed by atoms with E-state index in [2.05, 4.69) is 5.32 Å². The molecule has 0 spiro atoms. The summed E-state index contributed by atoms with van der Waals surface area (Å²) in [5.74, 6) is 0.900. The van der Waals surface area contributed by atoms with Crippen molar-refractivity contribution in [3.8, 4) is 0 Å². The summed E-state index contributed by atoms with van der Waals surface area (Å²) in [6.07, 6.45) is -0.325. The van der Waals surface area contributed by atoms with Crippen molar-refractivity contribution in [2.24, 2.45) is 0 Å². The minimum Gasteiger partial charge on any atom is -0.460 e. The average molecular weight is 205 g/mol. The minimum atomic E-state index is -0.325. The van der Waals surface area contributed by atoms with Crippen LogP contribution in [0.15, 0.2) is 34.7 Å². The molecule has 1 aromatic carbocycles. The molecule has 0 unspecified atom stereocenters. The topological polar surface area (TPSA) is 45.4 Å². The van der Waals surface area contributed by atoms with Gasteiger partial charge in [-0.3, -0.25) is 0 Å². The zero-order chi connectivity index (χ0) is 10.7. The summed E-state index contributed by atoms with van der Waals surface area (Å²) >= 11 is 0. The third kappa shape index (κ3) is 2.58. The van der Waals surface area contributed by atoms with E-state index in [0.717, 1.165) is 16.7 Å². The summed E-state index contributed by atoms with van der Waals surface area (Å²) < 4.78 is 5.61. The van der Waals surface area contributed by atoms with Crippen molar-refractivity contribution in [2.75, 3.05) is 6.54 Å². The molecule has 0 saturated heterocycles. The summed E-state index contributed by atoms with van der Waals surface area (Å²) in [4.78, 5) is 0. The molecule has 3 nitrogen and oxygen atoms in total. The lowest BCUT2D eigenvalue weighted by Crippen LogP contribution is -2.23. The molecular formula is C12H15NO2. The van der Waals surface area contributed by atoms with Crippen molar-refractivity contribution >= 4 is 11.0 Å². The molecule has 2 rings (SSSR count). The van der Waals surface area contributed by atoms with Crippen molar-refractivity contribution in [1.29, 1.82) is 0 Å². The molecule has 2 aromatic rings. The number of hydrogen-bond acceptors (Lipinski definition) is 3. The molecule has 0 aliphatic rings. The first-order valence-electron chi connectivity index (χ1n) is 5.12. The third-order valence-electron chi connectivity index (χ3n) is 2.22. The largest absolute Gasteiger partial charge is 0.460 e. The quantitative estimate of drug-likeness (QED) is 0.801. The van der Waals surface area contributed by atoms with Crippen molar-refractivity contribution in [2.45, 2.75) is 19.6 Å². The van der Waals surface area contributed by atoms with E-state index < -0.39 is 0 Å². The molecule has 0 saturated carbocycles. The lowest BCUT2D eigenvalue weighted by molar-refractivity contribution is 0.190. The first-order chi connectivity index (χ1) is 7.25. The Labute approximate surface area is 88.7 Å². The Bertz CT molecular complexity index is 401. The summed E-state index contributed by atoms with van der Waals surface area (Å²) in [5.41, 5.74) is 0.909. The van der Waals surface area contributed by atoms with Gasteiger partial charge in [0.05, 0.1) is 12.6 Å². The van der Waals surface area contributed by atoms with E-state index in [4.69, 9.17) is 9.52 Å². The molecule has 15 heavy (non-hydrogen) atoms. The van der Waals surface area contributed by atoms with Crippen LogP contribution in [0.25, 0.3) is 11.0 Å². The van der Waals surface area contributed by atoms with Gasteiger partial charge in [-0.1, -0.05) is 18.2 Å². The van der Waals surface area contributed by atoms with E-state index in [-0.39, 0.29) is 6.10 Å². The lowest BCUT2D eigenvalue weighted by atomic mass is 10.2. The molecular weight excluding hydrogens is 190 g/mol. The van der Waals surface area contributed by atoms with Crippen LogP contribution in [0.1, 0.15) is 12.7 Å². The Hall–Kier alpha value is -1.32. The number of furan rings is 1. The van der Waals surface area contributed by atoms with Crippen LogP contribution in [0.2, 0.25) is 0 Å². The summed E-state index contributed by atoms with van der Waals surface area (Å²) in [7, 11) is 0. The number of benzene rings is 1. The summed E-state index contributed by atoms with van der Waals surface area (Å²) in [5, 5.41) is 13.3. The molecule has 1 atom stereocenters. The van der Waals surface area contributed by atoms with Crippen LogP contribution in [0.4, 0.5) is 0 Å². The van der Waals surface area contributed by atoms with Crippen molar-refractivity contribution in [3.63, 3.8) is 0 Å². The minimum absolute atomic E-state index is 0.325. The van der Waals surface area contributed by atoms with Gasteiger partial charge >= 0.3 is 0 Å². The Kier molecular flexibility index (Phi) is 3.04. The molecule has 0 aliphatic heterocycles. The van der Waals surface area contributed by atoms with Gasteiger partial charge in [-0.05, 0) is 19.1 Å². The number of rotatable bonds is 4. The molecule has 0 bridgehead atoms. The first kappa shape index (κ1) is 10.2. The molecule has 80 valence electrons. The van der Waals surface area contributed by atoms with Gasteiger partial charge in [-0.15, -0.1) is 0 Å². The van der Waals surface area contributed by atoms with E-state index in [1.807, 2.05) is 30.3 Å². The highest BCUT2D eigenvalue weighted by atomic mass is 16.3. The number of hydrogen-bond donors (Lipinski definition) is 2. The van der Waals surface area contributed by atoms with Crippen LogP contribution in [0, 0.1) is 0 Å². The molecule has 2 N–H and O–H groups in total. The number of fused-ring (bicyclic) bond motifs is 1. The van der Waals surface area contributed by atoms with Crippen LogP contribution >= 0.6 is 0 Å². The van der Waals surface area contributed by atoms with Gasteiger partial charge in [0.25, 0.3) is 0 Å². The van der Waals surface area contributed by atoms with E-state index >= 15 is 0 Å². The van der Waals surface area contributed by atoms with Crippen molar-refractivity contribution in [1.82, 2.24) is 5.32 Å². The smallest absolute Gasteiger partial charge is 0.134 e. The predicted molar refractivity (Wildman–Crippen MR) is 59.6 cm³/mol. The van der Waals surface area contributed by atoms with Crippen LogP contribution in [0.5, 0.6) is 0 Å². The lowest BCUT2D eigenvalue weighted by Gasteiger charge is -2.03. The van der Waals surface area contributed by atoms with Crippen LogP contribution in [0.3, 0.4) is 0 Å². The molecule has 0 radical (unpaired) electrons. The standard InChI is InChI=1S/C12H15NO2/c1-9(14)7-13-8-11-6-10-4-2-3-5-12(10)15-11/h2-6,9,13-14H,7-8H2,1H3/t9-/m0/s1. The van der Waals surface area contributed by atoms with Gasteiger partial charge < -0.3 is 14.8 Å². The van der Waals surface area contributed by atoms with E-state index in [1.165, 1.54) is 0 Å². The molecule has 3 heteroatoms. The van der Waals surface area contributed by atoms with Gasteiger partial charge in [0, 0.05) is 11.9 Å². The fourth-order valence-electron chi connectivity index (χ4n) is 1.53. The van der Waals surface area contributed by atoms with Crippen molar-refractivity contribution in [3.05, 3.63) is 36.1 Å². The predicted octanol–water partition coefficient (Wildman–Crippen LogP) is 1.90. The maximum atomic E-state index is 9.08. The van der Waals surface area contributed by atoms with Crippen LogP contribution < -0.4 is 5.32 Å². The second kappa shape index (κ2) is 4.47. The second-order valence-electron chi connectivity index (χ2n) is 3.73. The van der Waals surface area contributed by atoms with E-state index in [0.29, 0.717) is 13.1 Å². The average Bonchev–Trinajstić information content (AvgIpc) is 2.59. The third-order valence-corrected chi connectivity index (χ3v) is 2.22. The number of aliphatic hydroxyl groups excluding tert-OH is 1. The Balaban J connectivity index is 2.03. The second-order valence-corrected chi connectivity index (χ2v) is 3.73. The zero-order valence-corrected chi connectivity index (χ0v) is 8.73. The Morgan fingerprint density at radius 3 is 2.93 bits per heavy atom. The fourth-order valence-corrected chi connectivity index (χ4v) is 1.53. The molecule has 0 fully saturated rings. The molecule has 0 amide bonds. The molecule has 1 heterocycles. The Morgan fingerprint density at radius 1 is 1.40 bits per heavy atom. The highest BCUT2D eigenvalue weighted by Crippen LogP contribution is 2.18. The van der Waals surface area contributed by atoms with Gasteiger partial charge in [0.2, 0.25) is 0 Å². The normalized spacial score (nSPS) is 13.2. The van der Waals surface area contributed by atoms with Gasteiger partial charge in [-0.2, -0.15) is 0 Å². The van der Waals surface area contributed by atoms with Crippen LogP contribution in [-0.4, -0.2) is 17.8 Å². The molecule has 0 aliphatic carbocycles. The highest BCUT2D eigenvalue weighted by molar-refractivity contribution is 5.77. The highest BCUT2D eigenvalue weighted by Gasteiger charge is 2.02. The maximum Gasteiger partial charge on any atom is 0.134 e. The SMILES string of the molecule is C[C@H](O)CNCc1cc2ccccc2o1. The van der Waals surface area contributed by atoms with Crippen molar-refractivity contribution < 1.29 is 9.52 Å². The number of nitrogens with one attached hydrogen (secondary N) is 1. The van der Waals surface area contributed by atoms with Gasteiger partial charge in [0.15, 0.2) is 0 Å². The maximum absolute atomic E-state index is 9.08. The van der Waals surface area contributed by atoms with E-state index in [9.17, 15) is 0 Å². The summed E-state index contributed by atoms with van der Waals surface area (Å²) in [6, 6.07) is 9.94. The van der Waals surface area contributed by atoms with Gasteiger partial charge in [0.1, 0.15) is 11.3 Å². The first-order valence-corrected chi connectivity index (χ1v) is 5.12. The van der Waals surface area contributed by atoms with Crippen LogP contribution in [-0.2, 0) is 6.54 Å². The fraction of sp³-hybridized carbons (Fsp3) is 0.333. The number of aliphatic hydroxyl groups is 1. The zero-order valence-electron chi connectivity index (χ0n) is 8.73. The Morgan fingerprint density at radius 2 is 2.20 bits per heavy atom. The number of para-hydroxylation sites is 1. The monoisotopic (exact) mass is 205 g/mol. The van der Waals surface area contributed by atoms with Gasteiger partial charge in [-0.25, -0.2) is 0 Å². The molecule has 1 aromatic heterocycles.